The van der Waals surface area contributed by atoms with Gasteiger partial charge in [0.1, 0.15) is 0 Å². The lowest BCUT2D eigenvalue weighted by Crippen LogP contribution is -2.36. The minimum Gasteiger partial charge on any atom is -0.468 e. The standard InChI is InChI=1S/C12H16O2/c1-14-11(13)12-6-2-3-10(12)8-4-5-9(12)7-8/h5,8,10H,2-4,6-7H2,1H3. The minimum atomic E-state index is -0.169. The second kappa shape index (κ2) is 2.62. The predicted molar refractivity (Wildman–Crippen MR) is 52.6 cm³/mol. The molecule has 3 aliphatic rings. The van der Waals surface area contributed by atoms with Crippen LogP contribution in [0, 0.1) is 17.3 Å². The molecule has 0 aromatic heterocycles. The van der Waals surface area contributed by atoms with Crippen LogP contribution in [0.3, 0.4) is 0 Å². The molecule has 3 unspecified atom stereocenters. The van der Waals surface area contributed by atoms with Crippen LogP contribution in [0.15, 0.2) is 11.6 Å². The Labute approximate surface area is 84.3 Å². The predicted octanol–water partition coefficient (Wildman–Crippen LogP) is 2.30. The summed E-state index contributed by atoms with van der Waals surface area (Å²) in [4.78, 5) is 11.9. The van der Waals surface area contributed by atoms with Gasteiger partial charge in [-0.1, -0.05) is 18.1 Å². The van der Waals surface area contributed by atoms with Crippen LogP contribution in [0.4, 0.5) is 0 Å². The molecule has 0 spiro atoms. The molecule has 2 saturated carbocycles. The van der Waals surface area contributed by atoms with Crippen molar-refractivity contribution < 1.29 is 9.53 Å². The summed E-state index contributed by atoms with van der Waals surface area (Å²) in [6, 6.07) is 0. The Bertz CT molecular complexity index is 318. The third-order valence-corrected chi connectivity index (χ3v) is 4.56. The third kappa shape index (κ3) is 0.760. The normalized spacial score (nSPS) is 43.6. The molecule has 2 nitrogen and oxygen atoms in total. The largest absolute Gasteiger partial charge is 0.468 e. The van der Waals surface area contributed by atoms with E-state index < -0.39 is 0 Å². The number of hydrogen-bond acceptors (Lipinski definition) is 2. The quantitative estimate of drug-likeness (QED) is 0.470. The van der Waals surface area contributed by atoms with Gasteiger partial charge in [-0.3, -0.25) is 4.79 Å². The van der Waals surface area contributed by atoms with Crippen LogP contribution in [0.5, 0.6) is 0 Å². The molecule has 76 valence electrons. The summed E-state index contributed by atoms with van der Waals surface area (Å²) in [5.74, 6) is 1.40. The summed E-state index contributed by atoms with van der Waals surface area (Å²) < 4.78 is 5.01. The number of ether oxygens (including phenoxy) is 1. The number of hydrogen-bond donors (Lipinski definition) is 0. The molecule has 0 radical (unpaired) electrons. The molecule has 0 saturated heterocycles. The second-order valence-electron chi connectivity index (χ2n) is 4.89. The van der Waals surface area contributed by atoms with E-state index in [1.807, 2.05) is 0 Å². The zero-order valence-corrected chi connectivity index (χ0v) is 8.58. The number of fused-ring (bicyclic) bond motifs is 5. The van der Waals surface area contributed by atoms with Crippen LogP contribution in [0.25, 0.3) is 0 Å². The Morgan fingerprint density at radius 3 is 3.29 bits per heavy atom. The third-order valence-electron chi connectivity index (χ3n) is 4.56. The van der Waals surface area contributed by atoms with Gasteiger partial charge in [0, 0.05) is 0 Å². The highest BCUT2D eigenvalue weighted by Gasteiger charge is 2.60. The van der Waals surface area contributed by atoms with Gasteiger partial charge in [-0.05, 0) is 37.5 Å². The van der Waals surface area contributed by atoms with Gasteiger partial charge in [0.05, 0.1) is 12.5 Å². The van der Waals surface area contributed by atoms with E-state index in [1.54, 1.807) is 0 Å². The minimum absolute atomic E-state index is 0.0356. The van der Waals surface area contributed by atoms with E-state index >= 15 is 0 Å². The molecule has 0 heterocycles. The van der Waals surface area contributed by atoms with Crippen molar-refractivity contribution in [2.24, 2.45) is 17.3 Å². The van der Waals surface area contributed by atoms with E-state index in [-0.39, 0.29) is 11.4 Å². The SMILES string of the molecule is COC(=O)C12CCCC1C1CC=C2C1. The average Bonchev–Trinajstić information content (AvgIpc) is 2.87. The fourth-order valence-corrected chi connectivity index (χ4v) is 4.05. The first-order valence-electron chi connectivity index (χ1n) is 5.57. The summed E-state index contributed by atoms with van der Waals surface area (Å²) in [5, 5.41) is 0. The summed E-state index contributed by atoms with van der Waals surface area (Å²) in [7, 11) is 1.53. The number of rotatable bonds is 1. The highest BCUT2D eigenvalue weighted by molar-refractivity contribution is 5.83. The fraction of sp³-hybridized carbons (Fsp3) is 0.750. The van der Waals surface area contributed by atoms with Crippen molar-refractivity contribution in [3.05, 3.63) is 11.6 Å². The van der Waals surface area contributed by atoms with Crippen molar-refractivity contribution in [2.45, 2.75) is 32.1 Å². The Morgan fingerprint density at radius 2 is 2.50 bits per heavy atom. The maximum atomic E-state index is 11.9. The summed E-state index contributed by atoms with van der Waals surface area (Å²) >= 11 is 0. The van der Waals surface area contributed by atoms with E-state index in [2.05, 4.69) is 6.08 Å². The van der Waals surface area contributed by atoms with E-state index in [9.17, 15) is 4.79 Å². The van der Waals surface area contributed by atoms with E-state index in [4.69, 9.17) is 4.74 Å². The van der Waals surface area contributed by atoms with Gasteiger partial charge in [-0.25, -0.2) is 0 Å². The van der Waals surface area contributed by atoms with Gasteiger partial charge < -0.3 is 4.74 Å². The van der Waals surface area contributed by atoms with Gasteiger partial charge in [-0.15, -0.1) is 0 Å². The molecule has 0 amide bonds. The Kier molecular flexibility index (Phi) is 1.59. The van der Waals surface area contributed by atoms with Crippen molar-refractivity contribution in [3.8, 4) is 0 Å². The lowest BCUT2D eigenvalue weighted by molar-refractivity contribution is -0.152. The van der Waals surface area contributed by atoms with Crippen LogP contribution in [-0.2, 0) is 9.53 Å². The number of esters is 1. The molecule has 3 atom stereocenters. The molecule has 0 aromatic carbocycles. The Hall–Kier alpha value is -0.790. The first-order chi connectivity index (χ1) is 6.79. The lowest BCUT2D eigenvalue weighted by Gasteiger charge is -2.31. The molecule has 0 aliphatic heterocycles. The average molecular weight is 192 g/mol. The number of methoxy groups -OCH3 is 1. The molecule has 0 N–H and O–H groups in total. The molecule has 14 heavy (non-hydrogen) atoms. The van der Waals surface area contributed by atoms with Gasteiger partial charge in [0.15, 0.2) is 0 Å². The number of carbonyl (C=O) groups is 1. The van der Waals surface area contributed by atoms with Crippen LogP contribution in [0.2, 0.25) is 0 Å². The smallest absolute Gasteiger partial charge is 0.316 e. The maximum absolute atomic E-state index is 11.9. The summed E-state index contributed by atoms with van der Waals surface area (Å²) in [6.07, 6.45) is 8.14. The number of carbonyl (C=O) groups excluding carboxylic acids is 1. The molecule has 2 heteroatoms. The van der Waals surface area contributed by atoms with Crippen molar-refractivity contribution >= 4 is 5.97 Å². The van der Waals surface area contributed by atoms with Gasteiger partial charge >= 0.3 is 5.97 Å². The van der Waals surface area contributed by atoms with E-state index in [0.29, 0.717) is 5.92 Å². The Morgan fingerprint density at radius 1 is 1.64 bits per heavy atom. The highest BCUT2D eigenvalue weighted by Crippen LogP contribution is 2.64. The lowest BCUT2D eigenvalue weighted by atomic mass is 9.72. The summed E-state index contributed by atoms with van der Waals surface area (Å²) in [6.45, 7) is 0. The van der Waals surface area contributed by atoms with E-state index in [1.165, 1.54) is 38.4 Å². The summed E-state index contributed by atoms with van der Waals surface area (Å²) in [5.41, 5.74) is 1.23. The second-order valence-corrected chi connectivity index (χ2v) is 4.89. The molecule has 2 bridgehead atoms. The highest BCUT2D eigenvalue weighted by atomic mass is 16.5. The molecule has 3 rings (SSSR count). The van der Waals surface area contributed by atoms with Crippen molar-refractivity contribution in [3.63, 3.8) is 0 Å². The number of allylic oxidation sites excluding steroid dienone is 1. The van der Waals surface area contributed by atoms with Crippen molar-refractivity contribution in [2.75, 3.05) is 7.11 Å². The van der Waals surface area contributed by atoms with Gasteiger partial charge in [0.25, 0.3) is 0 Å². The first kappa shape index (κ1) is 8.51. The zero-order valence-electron chi connectivity index (χ0n) is 8.58. The fourth-order valence-electron chi connectivity index (χ4n) is 4.05. The van der Waals surface area contributed by atoms with Gasteiger partial charge in [-0.2, -0.15) is 0 Å². The maximum Gasteiger partial charge on any atom is 0.316 e. The van der Waals surface area contributed by atoms with Crippen molar-refractivity contribution in [1.29, 1.82) is 0 Å². The van der Waals surface area contributed by atoms with Crippen LogP contribution >= 0.6 is 0 Å². The molecule has 2 fully saturated rings. The van der Waals surface area contributed by atoms with Crippen LogP contribution in [0.1, 0.15) is 32.1 Å². The molecular weight excluding hydrogens is 176 g/mol. The zero-order chi connectivity index (χ0) is 9.76. The Balaban J connectivity index is 2.07. The van der Waals surface area contributed by atoms with Crippen LogP contribution < -0.4 is 0 Å². The van der Waals surface area contributed by atoms with Crippen molar-refractivity contribution in [1.82, 2.24) is 0 Å². The topological polar surface area (TPSA) is 26.3 Å². The van der Waals surface area contributed by atoms with E-state index in [0.717, 1.165) is 12.3 Å². The van der Waals surface area contributed by atoms with Crippen LogP contribution in [-0.4, -0.2) is 13.1 Å². The molecule has 3 aliphatic carbocycles. The molecular formula is C12H16O2. The first-order valence-corrected chi connectivity index (χ1v) is 5.57. The molecule has 0 aromatic rings. The van der Waals surface area contributed by atoms with Gasteiger partial charge in [0.2, 0.25) is 0 Å². The monoisotopic (exact) mass is 192 g/mol.